The van der Waals surface area contributed by atoms with Crippen LogP contribution in [0.2, 0.25) is 0 Å². The van der Waals surface area contributed by atoms with Gasteiger partial charge in [-0.05, 0) is 31.2 Å². The summed E-state index contributed by atoms with van der Waals surface area (Å²) in [6.45, 7) is 1.92. The number of hydrogen-bond donors (Lipinski definition) is 1. The molecule has 0 saturated heterocycles. The summed E-state index contributed by atoms with van der Waals surface area (Å²) in [5, 5.41) is 5.38. The van der Waals surface area contributed by atoms with E-state index in [9.17, 15) is 4.79 Å². The molecule has 134 valence electrons. The number of carbonyl (C=O) groups excluding carboxylic acids is 1. The molecule has 0 fully saturated rings. The monoisotopic (exact) mass is 368 g/mol. The second-order valence-electron chi connectivity index (χ2n) is 5.91. The van der Waals surface area contributed by atoms with Gasteiger partial charge in [0, 0.05) is 25.2 Å². The van der Waals surface area contributed by atoms with Gasteiger partial charge in [0.25, 0.3) is 5.91 Å². The van der Waals surface area contributed by atoms with E-state index in [-0.39, 0.29) is 5.91 Å². The molecular weight excluding hydrogens is 348 g/mol. The van der Waals surface area contributed by atoms with Crippen molar-refractivity contribution in [2.24, 2.45) is 0 Å². The Morgan fingerprint density at radius 2 is 1.92 bits per heavy atom. The molecule has 0 bridgehead atoms. The van der Waals surface area contributed by atoms with Crippen LogP contribution >= 0.6 is 11.3 Å². The van der Waals surface area contributed by atoms with Gasteiger partial charge in [0.1, 0.15) is 16.5 Å². The summed E-state index contributed by atoms with van der Waals surface area (Å²) in [6.07, 6.45) is 0. The van der Waals surface area contributed by atoms with Gasteiger partial charge in [0.15, 0.2) is 5.82 Å². The van der Waals surface area contributed by atoms with E-state index in [2.05, 4.69) is 15.3 Å². The molecule has 6 nitrogen and oxygen atoms in total. The zero-order valence-corrected chi connectivity index (χ0v) is 15.9. The third-order valence-electron chi connectivity index (χ3n) is 3.76. The number of rotatable bonds is 5. The fraction of sp³-hybridized carbons (Fsp3) is 0.211. The SMILES string of the molecule is COc1ccccc1-c1nc(C(=O)Nc2ccc(C)nc2N(C)C)cs1. The first-order chi connectivity index (χ1) is 12.5. The largest absolute Gasteiger partial charge is 0.496 e. The molecule has 0 unspecified atom stereocenters. The third-order valence-corrected chi connectivity index (χ3v) is 4.64. The van der Waals surface area contributed by atoms with Crippen molar-refractivity contribution in [3.8, 4) is 16.3 Å². The summed E-state index contributed by atoms with van der Waals surface area (Å²) in [5.41, 5.74) is 2.77. The van der Waals surface area contributed by atoms with Gasteiger partial charge in [0.05, 0.1) is 18.4 Å². The van der Waals surface area contributed by atoms with Crippen molar-refractivity contribution in [2.45, 2.75) is 6.92 Å². The summed E-state index contributed by atoms with van der Waals surface area (Å²) in [6, 6.07) is 11.3. The lowest BCUT2D eigenvalue weighted by Crippen LogP contribution is -2.18. The Hall–Kier alpha value is -2.93. The van der Waals surface area contributed by atoms with Gasteiger partial charge >= 0.3 is 0 Å². The van der Waals surface area contributed by atoms with E-state index < -0.39 is 0 Å². The van der Waals surface area contributed by atoms with E-state index in [0.717, 1.165) is 22.0 Å². The highest BCUT2D eigenvalue weighted by molar-refractivity contribution is 7.13. The number of nitrogens with one attached hydrogen (secondary N) is 1. The van der Waals surface area contributed by atoms with Crippen LogP contribution in [0.15, 0.2) is 41.8 Å². The lowest BCUT2D eigenvalue weighted by molar-refractivity contribution is 0.102. The van der Waals surface area contributed by atoms with Crippen LogP contribution in [0.3, 0.4) is 0 Å². The fourth-order valence-corrected chi connectivity index (χ4v) is 3.32. The van der Waals surface area contributed by atoms with Gasteiger partial charge in [-0.3, -0.25) is 4.79 Å². The number of carbonyl (C=O) groups is 1. The molecule has 0 atom stereocenters. The van der Waals surface area contributed by atoms with Crippen molar-refractivity contribution in [1.29, 1.82) is 0 Å². The van der Waals surface area contributed by atoms with E-state index in [4.69, 9.17) is 4.74 Å². The molecule has 0 aliphatic carbocycles. The van der Waals surface area contributed by atoms with Crippen molar-refractivity contribution in [2.75, 3.05) is 31.4 Å². The number of anilines is 2. The number of nitrogens with zero attached hydrogens (tertiary/aromatic N) is 3. The van der Waals surface area contributed by atoms with Crippen molar-refractivity contribution in [3.05, 3.63) is 53.2 Å². The number of aromatic nitrogens is 2. The number of pyridine rings is 1. The van der Waals surface area contributed by atoms with Gasteiger partial charge in [-0.1, -0.05) is 12.1 Å². The van der Waals surface area contributed by atoms with Crippen LogP contribution in [0.5, 0.6) is 5.75 Å². The maximum atomic E-state index is 12.6. The number of amides is 1. The molecule has 0 aliphatic heterocycles. The first-order valence-corrected chi connectivity index (χ1v) is 8.93. The second-order valence-corrected chi connectivity index (χ2v) is 6.77. The average molecular weight is 368 g/mol. The Labute approximate surface area is 156 Å². The summed E-state index contributed by atoms with van der Waals surface area (Å²) < 4.78 is 5.37. The lowest BCUT2D eigenvalue weighted by atomic mass is 10.2. The Kier molecular flexibility index (Phi) is 5.18. The summed E-state index contributed by atoms with van der Waals surface area (Å²) in [5.74, 6) is 1.17. The standard InChI is InChI=1S/C19H20N4O2S/c1-12-9-10-14(17(20-12)23(2)3)21-18(24)15-11-26-19(22-15)13-7-5-6-8-16(13)25-4/h5-11H,1-4H3,(H,21,24). The lowest BCUT2D eigenvalue weighted by Gasteiger charge is -2.16. The van der Waals surface area contributed by atoms with Crippen LogP contribution in [-0.2, 0) is 0 Å². The van der Waals surface area contributed by atoms with Crippen LogP contribution in [0.4, 0.5) is 11.5 Å². The Bertz CT molecular complexity index is 937. The Balaban J connectivity index is 1.86. The normalized spacial score (nSPS) is 10.5. The number of thiazole rings is 1. The molecule has 26 heavy (non-hydrogen) atoms. The van der Waals surface area contributed by atoms with Gasteiger partial charge in [-0.15, -0.1) is 11.3 Å². The van der Waals surface area contributed by atoms with Gasteiger partial charge in [-0.25, -0.2) is 9.97 Å². The topological polar surface area (TPSA) is 67.3 Å². The first-order valence-electron chi connectivity index (χ1n) is 8.05. The minimum absolute atomic E-state index is 0.267. The van der Waals surface area contributed by atoms with Crippen molar-refractivity contribution in [3.63, 3.8) is 0 Å². The molecule has 0 aliphatic rings. The maximum absolute atomic E-state index is 12.6. The van der Waals surface area contributed by atoms with Crippen molar-refractivity contribution < 1.29 is 9.53 Å². The van der Waals surface area contributed by atoms with E-state index in [1.54, 1.807) is 12.5 Å². The molecule has 0 radical (unpaired) electrons. The van der Waals surface area contributed by atoms with Gasteiger partial charge in [-0.2, -0.15) is 0 Å². The predicted octanol–water partition coefficient (Wildman–Crippen LogP) is 3.84. The molecule has 1 N–H and O–H groups in total. The number of hydrogen-bond acceptors (Lipinski definition) is 6. The molecule has 0 saturated carbocycles. The smallest absolute Gasteiger partial charge is 0.275 e. The molecule has 3 rings (SSSR count). The number of benzene rings is 1. The average Bonchev–Trinajstić information content (AvgIpc) is 3.13. The van der Waals surface area contributed by atoms with Gasteiger partial charge < -0.3 is 15.0 Å². The Morgan fingerprint density at radius 1 is 1.15 bits per heavy atom. The van der Waals surface area contributed by atoms with E-state index in [1.807, 2.05) is 62.3 Å². The zero-order valence-electron chi connectivity index (χ0n) is 15.1. The summed E-state index contributed by atoms with van der Waals surface area (Å²) >= 11 is 1.41. The highest BCUT2D eigenvalue weighted by Gasteiger charge is 2.16. The van der Waals surface area contributed by atoms with Crippen LogP contribution in [0.25, 0.3) is 10.6 Å². The maximum Gasteiger partial charge on any atom is 0.275 e. The third kappa shape index (κ3) is 3.67. The summed E-state index contributed by atoms with van der Waals surface area (Å²) in [4.78, 5) is 23.4. The quantitative estimate of drug-likeness (QED) is 0.741. The predicted molar refractivity (Wildman–Crippen MR) is 105 cm³/mol. The molecule has 2 aromatic heterocycles. The van der Waals surface area contributed by atoms with Crippen LogP contribution in [0, 0.1) is 6.92 Å². The number of para-hydroxylation sites is 1. The molecule has 1 aromatic carbocycles. The van der Waals surface area contributed by atoms with Crippen LogP contribution in [-0.4, -0.2) is 37.1 Å². The highest BCUT2D eigenvalue weighted by atomic mass is 32.1. The molecule has 7 heteroatoms. The van der Waals surface area contributed by atoms with Crippen molar-refractivity contribution >= 4 is 28.7 Å². The molecule has 0 spiro atoms. The fourth-order valence-electron chi connectivity index (χ4n) is 2.49. The first kappa shape index (κ1) is 17.9. The van der Waals surface area contributed by atoms with E-state index >= 15 is 0 Å². The van der Waals surface area contributed by atoms with E-state index in [1.165, 1.54) is 11.3 Å². The molecule has 1 amide bonds. The summed E-state index contributed by atoms with van der Waals surface area (Å²) in [7, 11) is 5.40. The van der Waals surface area contributed by atoms with Crippen LogP contribution < -0.4 is 15.0 Å². The highest BCUT2D eigenvalue weighted by Crippen LogP contribution is 2.32. The van der Waals surface area contributed by atoms with E-state index in [0.29, 0.717) is 17.2 Å². The molecule has 3 aromatic rings. The number of aryl methyl sites for hydroxylation is 1. The number of methoxy groups -OCH3 is 1. The second kappa shape index (κ2) is 7.53. The zero-order chi connectivity index (χ0) is 18.7. The van der Waals surface area contributed by atoms with Crippen molar-refractivity contribution in [1.82, 2.24) is 9.97 Å². The molecular formula is C19H20N4O2S. The molecule has 2 heterocycles. The van der Waals surface area contributed by atoms with Gasteiger partial charge in [0.2, 0.25) is 0 Å². The minimum Gasteiger partial charge on any atom is -0.496 e. The van der Waals surface area contributed by atoms with Crippen LogP contribution in [0.1, 0.15) is 16.2 Å². The number of ether oxygens (including phenoxy) is 1. The Morgan fingerprint density at radius 3 is 2.65 bits per heavy atom. The minimum atomic E-state index is -0.267.